The molecular weight excluding hydrogens is 374 g/mol. The van der Waals surface area contributed by atoms with Crippen molar-refractivity contribution in [3.63, 3.8) is 0 Å². The number of halogens is 1. The largest absolute Gasteiger partial charge is 0.361 e. The molecule has 5 heteroatoms. The normalized spacial score (nSPS) is 14.6. The van der Waals surface area contributed by atoms with E-state index in [0.29, 0.717) is 11.1 Å². The molecule has 1 aliphatic carbocycles. The van der Waals surface area contributed by atoms with Gasteiger partial charge in [-0.2, -0.15) is 0 Å². The second kappa shape index (κ2) is 7.91. The number of H-pyrrole nitrogens is 1. The Balaban J connectivity index is 1.59. The van der Waals surface area contributed by atoms with Gasteiger partial charge in [-0.3, -0.25) is 0 Å². The van der Waals surface area contributed by atoms with Gasteiger partial charge in [-0.1, -0.05) is 48.7 Å². The summed E-state index contributed by atoms with van der Waals surface area (Å²) in [5.41, 5.74) is 4.45. The summed E-state index contributed by atoms with van der Waals surface area (Å²) in [6, 6.07) is 14.9. The van der Waals surface area contributed by atoms with Gasteiger partial charge in [0.2, 0.25) is 0 Å². The van der Waals surface area contributed by atoms with Crippen LogP contribution in [0.1, 0.15) is 36.8 Å². The zero-order valence-electron chi connectivity index (χ0n) is 15.5. The lowest BCUT2D eigenvalue weighted by molar-refractivity contribution is 0.313. The zero-order chi connectivity index (χ0) is 18.8. The summed E-state index contributed by atoms with van der Waals surface area (Å²) in [7, 11) is 0. The minimum Gasteiger partial charge on any atom is -0.361 e. The van der Waals surface area contributed by atoms with Crippen LogP contribution in [0.3, 0.4) is 0 Å². The first-order chi connectivity index (χ1) is 13.1. The van der Waals surface area contributed by atoms with Gasteiger partial charge < -0.3 is 15.2 Å². The van der Waals surface area contributed by atoms with E-state index in [1.807, 2.05) is 19.1 Å². The quantitative estimate of drug-likeness (QED) is 0.508. The number of thiocarbonyl (C=S) groups is 1. The minimum atomic E-state index is 0.475. The fourth-order valence-electron chi connectivity index (χ4n) is 3.94. The molecule has 1 fully saturated rings. The number of fused-ring (bicyclic) bond motifs is 1. The number of nitrogens with one attached hydrogen (secondary N) is 2. The second-order valence-corrected chi connectivity index (χ2v) is 8.13. The van der Waals surface area contributed by atoms with Gasteiger partial charge in [0.25, 0.3) is 0 Å². The van der Waals surface area contributed by atoms with Gasteiger partial charge in [-0.05, 0) is 61.3 Å². The number of aryl methyl sites for hydroxylation is 1. The number of rotatable bonds is 4. The molecule has 0 unspecified atom stereocenters. The monoisotopic (exact) mass is 397 g/mol. The highest BCUT2D eigenvalue weighted by molar-refractivity contribution is 7.80. The number of hydrogen-bond acceptors (Lipinski definition) is 1. The molecule has 3 nitrogen and oxygen atoms in total. The molecule has 0 atom stereocenters. The average Bonchev–Trinajstić information content (AvgIpc) is 3.32. The van der Waals surface area contributed by atoms with Gasteiger partial charge in [0, 0.05) is 29.7 Å². The van der Waals surface area contributed by atoms with Crippen LogP contribution in [-0.4, -0.2) is 21.0 Å². The summed E-state index contributed by atoms with van der Waals surface area (Å²) in [6.07, 6.45) is 7.01. The Kier molecular flexibility index (Phi) is 5.37. The van der Waals surface area contributed by atoms with Crippen LogP contribution in [0.15, 0.2) is 48.7 Å². The molecule has 1 aromatic heterocycles. The summed E-state index contributed by atoms with van der Waals surface area (Å²) in [5.74, 6) is 0. The smallest absolute Gasteiger partial charge is 0.174 e. The Bertz CT molecular complexity index is 959. The highest BCUT2D eigenvalue weighted by Gasteiger charge is 2.26. The Labute approximate surface area is 170 Å². The number of aromatic amines is 1. The highest BCUT2D eigenvalue weighted by atomic mass is 35.5. The lowest BCUT2D eigenvalue weighted by atomic mass is 10.1. The molecule has 4 rings (SSSR count). The van der Waals surface area contributed by atoms with E-state index in [9.17, 15) is 0 Å². The summed E-state index contributed by atoms with van der Waals surface area (Å²) in [5, 5.41) is 6.10. The summed E-state index contributed by atoms with van der Waals surface area (Å²) >= 11 is 12.2. The molecule has 1 saturated carbocycles. The van der Waals surface area contributed by atoms with E-state index < -0.39 is 0 Å². The predicted molar refractivity (Wildman–Crippen MR) is 119 cm³/mol. The van der Waals surface area contributed by atoms with Crippen LogP contribution in [-0.2, 0) is 6.54 Å². The molecule has 0 bridgehead atoms. The topological polar surface area (TPSA) is 31.1 Å². The molecule has 0 spiro atoms. The molecule has 1 aliphatic rings. The summed E-state index contributed by atoms with van der Waals surface area (Å²) < 4.78 is 0. The Hall–Kier alpha value is -2.04. The van der Waals surface area contributed by atoms with Crippen LogP contribution in [0.25, 0.3) is 10.9 Å². The Morgan fingerprint density at radius 1 is 1.22 bits per heavy atom. The fourth-order valence-corrected chi connectivity index (χ4v) is 4.54. The van der Waals surface area contributed by atoms with Gasteiger partial charge in [0.15, 0.2) is 5.11 Å². The fraction of sp³-hybridized carbons (Fsp3) is 0.318. The van der Waals surface area contributed by atoms with Gasteiger partial charge in [-0.15, -0.1) is 0 Å². The van der Waals surface area contributed by atoms with Crippen molar-refractivity contribution >= 4 is 45.5 Å². The maximum absolute atomic E-state index is 6.41. The summed E-state index contributed by atoms with van der Waals surface area (Å²) in [6.45, 7) is 2.83. The maximum Gasteiger partial charge on any atom is 0.174 e. The number of hydrogen-bond donors (Lipinski definition) is 2. The molecule has 2 N–H and O–H groups in total. The second-order valence-electron chi connectivity index (χ2n) is 7.34. The third-order valence-electron chi connectivity index (χ3n) is 5.41. The number of anilines is 1. The Morgan fingerprint density at radius 2 is 2.00 bits per heavy atom. The van der Waals surface area contributed by atoms with Crippen LogP contribution in [0.4, 0.5) is 5.69 Å². The van der Waals surface area contributed by atoms with Gasteiger partial charge in [0.05, 0.1) is 10.7 Å². The van der Waals surface area contributed by atoms with Crippen LogP contribution in [0.2, 0.25) is 5.02 Å². The van der Waals surface area contributed by atoms with Crippen LogP contribution in [0.5, 0.6) is 0 Å². The van der Waals surface area contributed by atoms with E-state index in [1.165, 1.54) is 42.1 Å². The number of benzene rings is 2. The van der Waals surface area contributed by atoms with Crippen molar-refractivity contribution in [1.29, 1.82) is 0 Å². The lowest BCUT2D eigenvalue weighted by Gasteiger charge is -2.32. The Morgan fingerprint density at radius 3 is 2.78 bits per heavy atom. The standard InChI is InChI=1S/C22H24ClN3S/c1-15-10-11-21(19(23)12-15)25-22(27)26(17-6-2-3-7-17)14-16-13-24-20-9-5-4-8-18(16)20/h4-5,8-13,17,24H,2-3,6-7,14H2,1H3,(H,25,27). The predicted octanol–water partition coefficient (Wildman–Crippen LogP) is 6.27. The van der Waals surface area contributed by atoms with E-state index in [2.05, 4.69) is 51.7 Å². The lowest BCUT2D eigenvalue weighted by Crippen LogP contribution is -2.41. The van der Waals surface area contributed by atoms with Crippen LogP contribution < -0.4 is 5.32 Å². The summed E-state index contributed by atoms with van der Waals surface area (Å²) in [4.78, 5) is 5.72. The van der Waals surface area contributed by atoms with Gasteiger partial charge in [-0.25, -0.2) is 0 Å². The minimum absolute atomic E-state index is 0.475. The zero-order valence-corrected chi connectivity index (χ0v) is 17.0. The number of para-hydroxylation sites is 1. The third-order valence-corrected chi connectivity index (χ3v) is 6.06. The van der Waals surface area contributed by atoms with Crippen LogP contribution in [0, 0.1) is 6.92 Å². The first kappa shape index (κ1) is 18.3. The van der Waals surface area contributed by atoms with Crippen molar-refractivity contribution in [1.82, 2.24) is 9.88 Å². The first-order valence-electron chi connectivity index (χ1n) is 9.50. The van der Waals surface area contributed by atoms with E-state index in [1.54, 1.807) is 0 Å². The molecule has 140 valence electrons. The molecule has 3 aromatic rings. The molecule has 0 aliphatic heterocycles. The maximum atomic E-state index is 6.41. The number of aromatic nitrogens is 1. The number of nitrogens with zero attached hydrogens (tertiary/aromatic N) is 1. The van der Waals surface area contributed by atoms with Gasteiger partial charge >= 0.3 is 0 Å². The van der Waals surface area contributed by atoms with Crippen molar-refractivity contribution in [2.75, 3.05) is 5.32 Å². The highest BCUT2D eigenvalue weighted by Crippen LogP contribution is 2.29. The molecule has 27 heavy (non-hydrogen) atoms. The third kappa shape index (κ3) is 3.97. The average molecular weight is 398 g/mol. The SMILES string of the molecule is Cc1ccc(NC(=S)N(Cc2c[nH]c3ccccc23)C2CCCC2)c(Cl)c1. The molecule has 2 aromatic carbocycles. The molecule has 0 saturated heterocycles. The molecule has 1 heterocycles. The van der Waals surface area contributed by atoms with E-state index in [4.69, 9.17) is 23.8 Å². The molecule has 0 radical (unpaired) electrons. The van der Waals surface area contributed by atoms with E-state index in [-0.39, 0.29) is 0 Å². The van der Waals surface area contributed by atoms with Crippen molar-refractivity contribution in [2.24, 2.45) is 0 Å². The van der Waals surface area contributed by atoms with E-state index in [0.717, 1.165) is 22.9 Å². The van der Waals surface area contributed by atoms with Crippen molar-refractivity contribution < 1.29 is 0 Å². The molecular formula is C22H24ClN3S. The van der Waals surface area contributed by atoms with E-state index >= 15 is 0 Å². The van der Waals surface area contributed by atoms with Crippen LogP contribution >= 0.6 is 23.8 Å². The molecule has 0 amide bonds. The van der Waals surface area contributed by atoms with Crippen molar-refractivity contribution in [2.45, 2.75) is 45.2 Å². The van der Waals surface area contributed by atoms with Gasteiger partial charge in [0.1, 0.15) is 0 Å². The van der Waals surface area contributed by atoms with Crippen molar-refractivity contribution in [3.05, 3.63) is 64.8 Å². The van der Waals surface area contributed by atoms with Crippen molar-refractivity contribution in [3.8, 4) is 0 Å². The first-order valence-corrected chi connectivity index (χ1v) is 10.3.